The van der Waals surface area contributed by atoms with E-state index in [4.69, 9.17) is 10.2 Å². The minimum atomic E-state index is -1.26. The molecule has 1 heterocycles. The summed E-state index contributed by atoms with van der Waals surface area (Å²) in [6.07, 6.45) is 2.26. The Morgan fingerprint density at radius 1 is 0.860 bits per heavy atom. The average molecular weight is 613 g/mol. The Morgan fingerprint density at radius 2 is 1.40 bits per heavy atom. The Bertz CT molecular complexity index is 1200. The van der Waals surface area contributed by atoms with Gasteiger partial charge in [0, 0.05) is 70.5 Å². The molecule has 0 spiro atoms. The summed E-state index contributed by atoms with van der Waals surface area (Å²) in [4.78, 5) is 63.2. The number of likely N-dealkylation sites (N-methyl/N-ethyl adjacent to an activating group) is 1. The highest BCUT2D eigenvalue weighted by Gasteiger charge is 2.29. The molecule has 12 heteroatoms. The summed E-state index contributed by atoms with van der Waals surface area (Å²) in [7, 11) is 2.05. The van der Waals surface area contributed by atoms with Crippen LogP contribution in [0.25, 0.3) is 0 Å². The number of nitrogens with zero attached hydrogens (tertiary/aromatic N) is 3. The van der Waals surface area contributed by atoms with E-state index < -0.39 is 18.0 Å². The second-order valence-corrected chi connectivity index (χ2v) is 11.2. The number of piperazine rings is 1. The Hall–Kier alpha value is -4.16. The molecule has 0 saturated carbocycles. The van der Waals surface area contributed by atoms with Crippen molar-refractivity contribution in [2.75, 3.05) is 52.1 Å². The van der Waals surface area contributed by atoms with Gasteiger partial charge in [0.1, 0.15) is 6.04 Å². The number of benzene rings is 2. The third-order valence-electron chi connectivity index (χ3n) is 6.53. The van der Waals surface area contributed by atoms with E-state index in [0.29, 0.717) is 56.9 Å². The fourth-order valence-electron chi connectivity index (χ4n) is 4.20. The molecule has 1 atom stereocenters. The molecule has 3 amide bonds. The van der Waals surface area contributed by atoms with Crippen molar-refractivity contribution in [2.24, 2.45) is 0 Å². The highest BCUT2D eigenvalue weighted by Crippen LogP contribution is 2.11. The summed E-state index contributed by atoms with van der Waals surface area (Å²) in [6.45, 7) is 5.43. The number of aliphatic carboxylic acids is 2. The molecule has 3 N–H and O–H groups in total. The van der Waals surface area contributed by atoms with Crippen LogP contribution in [0.2, 0.25) is 0 Å². The minimum Gasteiger partial charge on any atom is -0.478 e. The van der Waals surface area contributed by atoms with Crippen LogP contribution >= 0.6 is 11.8 Å². The van der Waals surface area contributed by atoms with Gasteiger partial charge in [-0.05, 0) is 24.6 Å². The molecule has 232 valence electrons. The number of hydrogen-bond donors (Lipinski definition) is 3. The van der Waals surface area contributed by atoms with Gasteiger partial charge in [-0.15, -0.1) is 0 Å². The number of thioether (sulfide) groups is 1. The van der Waals surface area contributed by atoms with Gasteiger partial charge in [0.2, 0.25) is 5.91 Å². The van der Waals surface area contributed by atoms with Gasteiger partial charge in [-0.25, -0.2) is 14.4 Å². The summed E-state index contributed by atoms with van der Waals surface area (Å²) >= 11 is 1.21. The molecule has 2 aromatic carbocycles. The maximum absolute atomic E-state index is 13.5. The van der Waals surface area contributed by atoms with E-state index in [0.717, 1.165) is 24.2 Å². The Kier molecular flexibility index (Phi) is 15.6. The van der Waals surface area contributed by atoms with Crippen molar-refractivity contribution < 1.29 is 34.2 Å². The van der Waals surface area contributed by atoms with Gasteiger partial charge in [0.15, 0.2) is 5.12 Å². The standard InChI is InChI=1S/C27H36N4O3S.C4H4O4/c1-22(32)35-20-19-31(14-13-23-9-5-3-6-10-23)27(34)28-25(21-24-11-7-4-8-12-24)26(33)30-17-15-29(2)16-18-30;5-3(6)1-2-4(7)8/h3-12,25H,13-21H2,1-2H3,(H,28,34);1-2H,(H,5,6)(H,7,8)/t25-;/m0./s1. The van der Waals surface area contributed by atoms with Crippen LogP contribution in [0.5, 0.6) is 0 Å². The summed E-state index contributed by atoms with van der Waals surface area (Å²) in [5.74, 6) is -2.04. The van der Waals surface area contributed by atoms with Crippen molar-refractivity contribution in [3.63, 3.8) is 0 Å². The zero-order valence-electron chi connectivity index (χ0n) is 24.6. The zero-order chi connectivity index (χ0) is 31.6. The summed E-state index contributed by atoms with van der Waals surface area (Å²) < 4.78 is 0. The Labute approximate surface area is 256 Å². The summed E-state index contributed by atoms with van der Waals surface area (Å²) in [5, 5.41) is 18.7. The molecule has 1 aliphatic heterocycles. The first kappa shape index (κ1) is 35.0. The first-order chi connectivity index (χ1) is 20.5. The lowest BCUT2D eigenvalue weighted by molar-refractivity contribution is -0.135. The molecule has 0 aliphatic carbocycles. The highest BCUT2D eigenvalue weighted by molar-refractivity contribution is 8.13. The summed E-state index contributed by atoms with van der Waals surface area (Å²) in [5.41, 5.74) is 2.14. The molecule has 1 aliphatic rings. The first-order valence-corrected chi connectivity index (χ1v) is 14.9. The lowest BCUT2D eigenvalue weighted by Crippen LogP contribution is -2.57. The van der Waals surface area contributed by atoms with E-state index in [-0.39, 0.29) is 17.1 Å². The highest BCUT2D eigenvalue weighted by atomic mass is 32.2. The smallest absolute Gasteiger partial charge is 0.328 e. The number of nitrogens with one attached hydrogen (secondary N) is 1. The zero-order valence-corrected chi connectivity index (χ0v) is 25.4. The third-order valence-corrected chi connectivity index (χ3v) is 7.32. The minimum absolute atomic E-state index is 0.0283. The average Bonchev–Trinajstić information content (AvgIpc) is 2.98. The number of carbonyl (C=O) groups is 5. The van der Waals surface area contributed by atoms with Crippen LogP contribution in [-0.4, -0.2) is 112 Å². The van der Waals surface area contributed by atoms with Crippen molar-refractivity contribution >= 4 is 40.8 Å². The number of amides is 3. The van der Waals surface area contributed by atoms with Crippen LogP contribution in [0.3, 0.4) is 0 Å². The van der Waals surface area contributed by atoms with E-state index in [1.54, 1.807) is 4.90 Å². The molecule has 0 unspecified atom stereocenters. The van der Waals surface area contributed by atoms with Gasteiger partial charge in [0.05, 0.1) is 0 Å². The van der Waals surface area contributed by atoms with Crippen molar-refractivity contribution in [3.05, 3.63) is 83.9 Å². The predicted octanol–water partition coefficient (Wildman–Crippen LogP) is 2.62. The van der Waals surface area contributed by atoms with E-state index >= 15 is 0 Å². The van der Waals surface area contributed by atoms with Crippen LogP contribution in [-0.2, 0) is 32.0 Å². The van der Waals surface area contributed by atoms with Crippen molar-refractivity contribution in [2.45, 2.75) is 25.8 Å². The maximum atomic E-state index is 13.5. The van der Waals surface area contributed by atoms with Crippen molar-refractivity contribution in [3.8, 4) is 0 Å². The number of carbonyl (C=O) groups excluding carboxylic acids is 3. The van der Waals surface area contributed by atoms with Crippen LogP contribution in [0.4, 0.5) is 4.79 Å². The number of carboxylic acid groups (broad SMARTS) is 2. The molecule has 3 rings (SSSR count). The van der Waals surface area contributed by atoms with Gasteiger partial charge in [-0.1, -0.05) is 72.4 Å². The van der Waals surface area contributed by atoms with Crippen molar-refractivity contribution in [1.29, 1.82) is 0 Å². The lowest BCUT2D eigenvalue weighted by Gasteiger charge is -2.35. The maximum Gasteiger partial charge on any atom is 0.328 e. The Balaban J connectivity index is 0.000000708. The molecule has 43 heavy (non-hydrogen) atoms. The second-order valence-electron chi connectivity index (χ2n) is 9.89. The van der Waals surface area contributed by atoms with Crippen LogP contribution < -0.4 is 5.32 Å². The van der Waals surface area contributed by atoms with Crippen LogP contribution in [0.1, 0.15) is 18.1 Å². The van der Waals surface area contributed by atoms with Crippen LogP contribution in [0.15, 0.2) is 72.8 Å². The number of carboxylic acids is 2. The van der Waals surface area contributed by atoms with E-state index in [1.165, 1.54) is 18.7 Å². The molecule has 0 bridgehead atoms. The monoisotopic (exact) mass is 612 g/mol. The number of urea groups is 1. The topological polar surface area (TPSA) is 148 Å². The van der Waals surface area contributed by atoms with Gasteiger partial charge in [-0.2, -0.15) is 0 Å². The largest absolute Gasteiger partial charge is 0.478 e. The fraction of sp³-hybridized carbons (Fsp3) is 0.387. The quantitative estimate of drug-likeness (QED) is 0.308. The predicted molar refractivity (Wildman–Crippen MR) is 166 cm³/mol. The fourth-order valence-corrected chi connectivity index (χ4v) is 4.80. The third kappa shape index (κ3) is 14.5. The molecule has 0 aromatic heterocycles. The Morgan fingerprint density at radius 3 is 1.91 bits per heavy atom. The van der Waals surface area contributed by atoms with Gasteiger partial charge < -0.3 is 30.2 Å². The lowest BCUT2D eigenvalue weighted by atomic mass is 10.0. The molecule has 0 radical (unpaired) electrons. The molecule has 11 nitrogen and oxygen atoms in total. The van der Waals surface area contributed by atoms with Crippen molar-refractivity contribution in [1.82, 2.24) is 20.0 Å². The molecular weight excluding hydrogens is 572 g/mol. The van der Waals surface area contributed by atoms with E-state index in [9.17, 15) is 24.0 Å². The molecule has 1 fully saturated rings. The van der Waals surface area contributed by atoms with Gasteiger partial charge in [0.25, 0.3) is 0 Å². The van der Waals surface area contributed by atoms with E-state index in [2.05, 4.69) is 17.3 Å². The number of hydrogen-bond acceptors (Lipinski definition) is 7. The molecule has 1 saturated heterocycles. The number of rotatable bonds is 12. The van der Waals surface area contributed by atoms with Crippen LogP contribution in [0, 0.1) is 0 Å². The second kappa shape index (κ2) is 19.1. The summed E-state index contributed by atoms with van der Waals surface area (Å²) in [6, 6.07) is 18.9. The molecule has 2 aromatic rings. The SMILES string of the molecule is CC(=O)SCCN(CCc1ccccc1)C(=O)N[C@@H](Cc1ccccc1)C(=O)N1CCN(C)CC1.O=C(O)C=CC(=O)O. The van der Waals surface area contributed by atoms with Gasteiger partial charge in [-0.3, -0.25) is 9.59 Å². The molecular formula is C31H40N4O7S. The van der Waals surface area contributed by atoms with E-state index in [1.807, 2.05) is 65.6 Å². The normalized spacial score (nSPS) is 13.9. The first-order valence-electron chi connectivity index (χ1n) is 13.9. The van der Waals surface area contributed by atoms with Gasteiger partial charge >= 0.3 is 18.0 Å².